The summed E-state index contributed by atoms with van der Waals surface area (Å²) in [7, 11) is -3.95. The zero-order chi connectivity index (χ0) is 14.8. The van der Waals surface area contributed by atoms with Crippen molar-refractivity contribution in [2.75, 3.05) is 19.1 Å². The quantitative estimate of drug-likeness (QED) is 0.856. The van der Waals surface area contributed by atoms with Crippen LogP contribution in [0.4, 0.5) is 4.39 Å². The summed E-state index contributed by atoms with van der Waals surface area (Å²) in [6, 6.07) is 3.21. The topological polar surface area (TPSA) is 55.4 Å². The van der Waals surface area contributed by atoms with E-state index in [0.717, 1.165) is 12.1 Å². The van der Waals surface area contributed by atoms with Gasteiger partial charge in [0.2, 0.25) is 10.0 Å². The van der Waals surface area contributed by atoms with E-state index in [1.807, 2.05) is 0 Å². The molecule has 0 atom stereocenters. The summed E-state index contributed by atoms with van der Waals surface area (Å²) in [5.74, 6) is -0.551. The third kappa shape index (κ3) is 3.43. The molecule has 1 aromatic rings. The van der Waals surface area contributed by atoms with Crippen LogP contribution in [-0.4, -0.2) is 33.1 Å². The Kier molecular flexibility index (Phi) is 4.92. The van der Waals surface area contributed by atoms with Crippen LogP contribution in [0.2, 0.25) is 5.02 Å². The van der Waals surface area contributed by atoms with Gasteiger partial charge in [-0.15, -0.1) is 11.6 Å². The van der Waals surface area contributed by atoms with Crippen LogP contribution in [-0.2, 0) is 14.8 Å². The maximum absolute atomic E-state index is 13.2. The highest BCUT2D eigenvalue weighted by Gasteiger charge is 2.37. The molecule has 0 amide bonds. The van der Waals surface area contributed by atoms with Crippen LogP contribution in [0, 0.1) is 5.82 Å². The lowest BCUT2D eigenvalue weighted by atomic mass is 9.94. The second-order valence-corrected chi connectivity index (χ2v) is 7.03. The minimum absolute atomic E-state index is 0.0318. The molecule has 20 heavy (non-hydrogen) atoms. The highest BCUT2D eigenvalue weighted by molar-refractivity contribution is 7.89. The minimum Gasteiger partial charge on any atom is -0.381 e. The van der Waals surface area contributed by atoms with Crippen molar-refractivity contribution in [3.8, 4) is 0 Å². The van der Waals surface area contributed by atoms with Crippen molar-refractivity contribution in [1.29, 1.82) is 0 Å². The summed E-state index contributed by atoms with van der Waals surface area (Å²) in [5.41, 5.74) is -0.783. The predicted octanol–water partition coefficient (Wildman–Crippen LogP) is 2.55. The fourth-order valence-corrected chi connectivity index (χ4v) is 4.43. The van der Waals surface area contributed by atoms with Gasteiger partial charge in [0.05, 0.1) is 10.6 Å². The molecule has 0 radical (unpaired) electrons. The SMILES string of the molecule is O=S(=O)(NC1(CCl)CCOCC1)c1cc(F)ccc1Cl. The zero-order valence-electron chi connectivity index (χ0n) is 10.5. The Labute approximate surface area is 127 Å². The monoisotopic (exact) mass is 341 g/mol. The summed E-state index contributed by atoms with van der Waals surface area (Å²) < 4.78 is 45.8. The Balaban J connectivity index is 2.32. The van der Waals surface area contributed by atoms with E-state index in [1.54, 1.807) is 0 Å². The van der Waals surface area contributed by atoms with Gasteiger partial charge in [0.15, 0.2) is 0 Å². The van der Waals surface area contributed by atoms with Crippen molar-refractivity contribution in [2.24, 2.45) is 0 Å². The maximum Gasteiger partial charge on any atom is 0.242 e. The molecule has 4 nitrogen and oxygen atoms in total. The average Bonchev–Trinajstić information content (AvgIpc) is 2.42. The van der Waals surface area contributed by atoms with Crippen molar-refractivity contribution >= 4 is 33.2 Å². The van der Waals surface area contributed by atoms with Gasteiger partial charge in [0, 0.05) is 19.1 Å². The molecule has 0 spiro atoms. The largest absolute Gasteiger partial charge is 0.381 e. The first kappa shape index (κ1) is 16.0. The number of sulfonamides is 1. The Hall–Kier alpha value is -0.400. The first-order valence-corrected chi connectivity index (χ1v) is 8.41. The van der Waals surface area contributed by atoms with Crippen LogP contribution in [0.3, 0.4) is 0 Å². The van der Waals surface area contributed by atoms with Crippen LogP contribution in [0.15, 0.2) is 23.1 Å². The Morgan fingerprint density at radius 1 is 1.35 bits per heavy atom. The van der Waals surface area contributed by atoms with E-state index in [9.17, 15) is 12.8 Å². The molecule has 0 unspecified atom stereocenters. The molecule has 1 heterocycles. The Morgan fingerprint density at radius 3 is 2.60 bits per heavy atom. The number of alkyl halides is 1. The van der Waals surface area contributed by atoms with E-state index in [1.165, 1.54) is 6.07 Å². The molecule has 1 N–H and O–H groups in total. The van der Waals surface area contributed by atoms with E-state index in [0.29, 0.717) is 26.1 Å². The molecule has 2 rings (SSSR count). The van der Waals surface area contributed by atoms with Gasteiger partial charge in [0.25, 0.3) is 0 Å². The summed E-state index contributed by atoms with van der Waals surface area (Å²) in [6.45, 7) is 0.845. The van der Waals surface area contributed by atoms with Gasteiger partial charge in [-0.05, 0) is 31.0 Å². The summed E-state index contributed by atoms with van der Waals surface area (Å²) in [4.78, 5) is -0.282. The zero-order valence-corrected chi connectivity index (χ0v) is 12.9. The summed E-state index contributed by atoms with van der Waals surface area (Å²) in [5, 5.41) is -0.0318. The van der Waals surface area contributed by atoms with Crippen LogP contribution in [0.5, 0.6) is 0 Å². The molecule has 0 saturated carbocycles. The van der Waals surface area contributed by atoms with Crippen molar-refractivity contribution in [3.05, 3.63) is 29.0 Å². The van der Waals surface area contributed by atoms with Crippen molar-refractivity contribution < 1.29 is 17.5 Å². The van der Waals surface area contributed by atoms with Crippen LogP contribution in [0.25, 0.3) is 0 Å². The number of ether oxygens (including phenoxy) is 1. The standard InChI is InChI=1S/C12H14Cl2FNO3S/c13-8-12(3-5-19-6-4-12)16-20(17,18)11-7-9(15)1-2-10(11)14/h1-2,7,16H,3-6,8H2. The number of rotatable bonds is 4. The number of nitrogens with one attached hydrogen (secondary N) is 1. The first-order chi connectivity index (χ1) is 9.38. The molecule has 1 aromatic carbocycles. The molecular formula is C12H14Cl2FNO3S. The third-order valence-electron chi connectivity index (χ3n) is 3.24. The number of hydrogen-bond acceptors (Lipinski definition) is 3. The molecule has 1 saturated heterocycles. The fraction of sp³-hybridized carbons (Fsp3) is 0.500. The summed E-state index contributed by atoms with van der Waals surface area (Å²) >= 11 is 11.8. The highest BCUT2D eigenvalue weighted by Crippen LogP contribution is 2.28. The molecule has 0 aromatic heterocycles. The van der Waals surface area contributed by atoms with Crippen molar-refractivity contribution in [2.45, 2.75) is 23.3 Å². The minimum atomic E-state index is -3.95. The molecular weight excluding hydrogens is 328 g/mol. The lowest BCUT2D eigenvalue weighted by Gasteiger charge is -2.35. The summed E-state index contributed by atoms with van der Waals surface area (Å²) in [6.07, 6.45) is 0.922. The van der Waals surface area contributed by atoms with Crippen LogP contribution >= 0.6 is 23.2 Å². The van der Waals surface area contributed by atoms with E-state index in [4.69, 9.17) is 27.9 Å². The van der Waals surface area contributed by atoms with Gasteiger partial charge >= 0.3 is 0 Å². The molecule has 8 heteroatoms. The lowest BCUT2D eigenvalue weighted by Crippen LogP contribution is -2.53. The fourth-order valence-electron chi connectivity index (χ4n) is 2.05. The number of benzene rings is 1. The van der Waals surface area contributed by atoms with E-state index >= 15 is 0 Å². The molecule has 1 aliphatic heterocycles. The van der Waals surface area contributed by atoms with Gasteiger partial charge in [0.1, 0.15) is 10.7 Å². The number of hydrogen-bond donors (Lipinski definition) is 1. The van der Waals surface area contributed by atoms with Crippen molar-refractivity contribution in [3.63, 3.8) is 0 Å². The second-order valence-electron chi connectivity index (χ2n) is 4.71. The van der Waals surface area contributed by atoms with Gasteiger partial charge in [-0.2, -0.15) is 0 Å². The molecule has 0 bridgehead atoms. The van der Waals surface area contributed by atoms with Gasteiger partial charge in [-0.1, -0.05) is 11.6 Å². The van der Waals surface area contributed by atoms with E-state index in [2.05, 4.69) is 4.72 Å². The van der Waals surface area contributed by atoms with Crippen LogP contribution in [0.1, 0.15) is 12.8 Å². The second kappa shape index (κ2) is 6.15. The highest BCUT2D eigenvalue weighted by atomic mass is 35.5. The maximum atomic E-state index is 13.2. The lowest BCUT2D eigenvalue weighted by molar-refractivity contribution is 0.0549. The van der Waals surface area contributed by atoms with Crippen molar-refractivity contribution in [1.82, 2.24) is 4.72 Å². The number of halogens is 3. The van der Waals surface area contributed by atoms with Gasteiger partial charge < -0.3 is 4.74 Å². The predicted molar refractivity (Wildman–Crippen MR) is 75.2 cm³/mol. The van der Waals surface area contributed by atoms with E-state index < -0.39 is 21.4 Å². The molecule has 1 aliphatic rings. The van der Waals surface area contributed by atoms with E-state index in [-0.39, 0.29) is 15.8 Å². The molecule has 112 valence electrons. The van der Waals surface area contributed by atoms with Gasteiger partial charge in [-0.25, -0.2) is 17.5 Å². The Morgan fingerprint density at radius 2 is 2.00 bits per heavy atom. The average molecular weight is 342 g/mol. The van der Waals surface area contributed by atoms with Crippen LogP contribution < -0.4 is 4.72 Å². The normalized spacial score (nSPS) is 18.9. The Bertz CT molecular complexity index is 588. The first-order valence-electron chi connectivity index (χ1n) is 6.01. The molecule has 0 aliphatic carbocycles. The van der Waals surface area contributed by atoms with Gasteiger partial charge in [-0.3, -0.25) is 0 Å². The molecule has 1 fully saturated rings. The smallest absolute Gasteiger partial charge is 0.242 e. The third-order valence-corrected chi connectivity index (χ3v) is 5.81.